The van der Waals surface area contributed by atoms with Gasteiger partial charge in [0.15, 0.2) is 5.82 Å². The first-order chi connectivity index (χ1) is 9.17. The molecular formula is C12H19N5O2. The lowest BCUT2D eigenvalue weighted by atomic mass is 10.3. The Kier molecular flexibility index (Phi) is 4.03. The van der Waals surface area contributed by atoms with Crippen molar-refractivity contribution in [1.82, 2.24) is 9.55 Å². The van der Waals surface area contributed by atoms with Crippen molar-refractivity contribution in [1.29, 1.82) is 0 Å². The van der Waals surface area contributed by atoms with Crippen LogP contribution in [0.1, 0.15) is 32.2 Å². The zero-order valence-electron chi connectivity index (χ0n) is 11.0. The van der Waals surface area contributed by atoms with Gasteiger partial charge in [-0.15, -0.1) is 0 Å². The molecule has 1 fully saturated rings. The van der Waals surface area contributed by atoms with Crippen LogP contribution in [0.5, 0.6) is 0 Å². The van der Waals surface area contributed by atoms with Gasteiger partial charge in [0.1, 0.15) is 5.84 Å². The Hall–Kier alpha value is -2.05. The number of rotatable bonds is 6. The SMILES string of the molecule is CCN(CCC(N)=NO)c1nccn(C2CC2)c1=O. The third-order valence-corrected chi connectivity index (χ3v) is 3.24. The molecule has 104 valence electrons. The molecule has 0 unspecified atom stereocenters. The van der Waals surface area contributed by atoms with E-state index in [0.29, 0.717) is 31.4 Å². The fourth-order valence-corrected chi connectivity index (χ4v) is 1.98. The maximum Gasteiger partial charge on any atom is 0.293 e. The predicted octanol–water partition coefficient (Wildman–Crippen LogP) is 0.541. The van der Waals surface area contributed by atoms with E-state index in [1.54, 1.807) is 17.0 Å². The third-order valence-electron chi connectivity index (χ3n) is 3.24. The van der Waals surface area contributed by atoms with E-state index in [4.69, 9.17) is 10.9 Å². The van der Waals surface area contributed by atoms with Gasteiger partial charge < -0.3 is 20.4 Å². The molecule has 0 aliphatic heterocycles. The van der Waals surface area contributed by atoms with Crippen molar-refractivity contribution in [3.05, 3.63) is 22.7 Å². The van der Waals surface area contributed by atoms with E-state index in [1.807, 2.05) is 11.8 Å². The van der Waals surface area contributed by atoms with Crippen LogP contribution in [-0.4, -0.2) is 33.7 Å². The highest BCUT2D eigenvalue weighted by atomic mass is 16.4. The Labute approximate surface area is 111 Å². The fourth-order valence-electron chi connectivity index (χ4n) is 1.98. The van der Waals surface area contributed by atoms with Crippen LogP contribution in [-0.2, 0) is 0 Å². The first kappa shape index (κ1) is 13.4. The van der Waals surface area contributed by atoms with Gasteiger partial charge in [-0.2, -0.15) is 0 Å². The van der Waals surface area contributed by atoms with E-state index >= 15 is 0 Å². The smallest absolute Gasteiger partial charge is 0.293 e. The van der Waals surface area contributed by atoms with Crippen molar-refractivity contribution >= 4 is 11.7 Å². The van der Waals surface area contributed by atoms with Gasteiger partial charge in [0, 0.05) is 37.9 Å². The van der Waals surface area contributed by atoms with E-state index in [2.05, 4.69) is 10.1 Å². The fraction of sp³-hybridized carbons (Fsp3) is 0.583. The Balaban J connectivity index is 2.18. The summed E-state index contributed by atoms with van der Waals surface area (Å²) in [7, 11) is 0. The topological polar surface area (TPSA) is 96.7 Å². The summed E-state index contributed by atoms with van der Waals surface area (Å²) in [5, 5.41) is 11.5. The molecule has 0 amide bonds. The highest BCUT2D eigenvalue weighted by molar-refractivity contribution is 5.80. The molecule has 0 radical (unpaired) electrons. The molecule has 1 heterocycles. The molecule has 7 heteroatoms. The number of anilines is 1. The van der Waals surface area contributed by atoms with E-state index < -0.39 is 0 Å². The molecule has 1 aliphatic rings. The summed E-state index contributed by atoms with van der Waals surface area (Å²) in [6, 6.07) is 0.331. The molecule has 1 aromatic heterocycles. The summed E-state index contributed by atoms with van der Waals surface area (Å²) in [6.45, 7) is 3.10. The summed E-state index contributed by atoms with van der Waals surface area (Å²) in [5.41, 5.74) is 5.39. The van der Waals surface area contributed by atoms with Crippen molar-refractivity contribution < 1.29 is 5.21 Å². The molecule has 0 atom stereocenters. The third kappa shape index (κ3) is 3.04. The molecule has 19 heavy (non-hydrogen) atoms. The molecule has 0 aromatic carbocycles. The van der Waals surface area contributed by atoms with Crippen LogP contribution in [0, 0.1) is 0 Å². The largest absolute Gasteiger partial charge is 0.409 e. The number of amidine groups is 1. The number of nitrogens with two attached hydrogens (primary N) is 1. The second kappa shape index (κ2) is 5.73. The van der Waals surface area contributed by atoms with Crippen molar-refractivity contribution in [2.45, 2.75) is 32.2 Å². The minimum atomic E-state index is -0.0636. The van der Waals surface area contributed by atoms with Gasteiger partial charge >= 0.3 is 0 Å². The van der Waals surface area contributed by atoms with Crippen LogP contribution < -0.4 is 16.2 Å². The molecule has 2 rings (SSSR count). The average Bonchev–Trinajstić information content (AvgIpc) is 3.25. The minimum absolute atomic E-state index is 0.0636. The maximum atomic E-state index is 12.3. The van der Waals surface area contributed by atoms with Gasteiger partial charge in [-0.1, -0.05) is 5.16 Å². The maximum absolute atomic E-state index is 12.3. The van der Waals surface area contributed by atoms with E-state index in [9.17, 15) is 4.79 Å². The Morgan fingerprint density at radius 3 is 3.00 bits per heavy atom. The Morgan fingerprint density at radius 1 is 1.68 bits per heavy atom. The molecule has 7 nitrogen and oxygen atoms in total. The zero-order valence-corrected chi connectivity index (χ0v) is 11.0. The second-order valence-corrected chi connectivity index (χ2v) is 4.62. The second-order valence-electron chi connectivity index (χ2n) is 4.62. The molecule has 1 aromatic rings. The standard InChI is InChI=1S/C12H19N5O2/c1-2-16(7-5-10(13)15-19)11-12(18)17(8-6-14-11)9-3-4-9/h6,8-9,19H,2-5,7H2,1H3,(H2,13,15). The van der Waals surface area contributed by atoms with Crippen LogP contribution in [0.2, 0.25) is 0 Å². The molecule has 0 saturated heterocycles. The summed E-state index contributed by atoms with van der Waals surface area (Å²) >= 11 is 0. The molecule has 0 bridgehead atoms. The first-order valence-corrected chi connectivity index (χ1v) is 6.45. The Bertz CT molecular complexity index is 521. The van der Waals surface area contributed by atoms with Crippen LogP contribution in [0.4, 0.5) is 5.82 Å². The summed E-state index contributed by atoms with van der Waals surface area (Å²) < 4.78 is 1.74. The predicted molar refractivity (Wildman–Crippen MR) is 72.7 cm³/mol. The lowest BCUT2D eigenvalue weighted by Gasteiger charge is -2.21. The van der Waals surface area contributed by atoms with Crippen molar-refractivity contribution in [3.63, 3.8) is 0 Å². The number of aromatic nitrogens is 2. The van der Waals surface area contributed by atoms with Gasteiger partial charge in [0.25, 0.3) is 5.56 Å². The lowest BCUT2D eigenvalue weighted by molar-refractivity contribution is 0.317. The lowest BCUT2D eigenvalue weighted by Crippen LogP contribution is -2.35. The van der Waals surface area contributed by atoms with Gasteiger partial charge in [-0.3, -0.25) is 4.79 Å². The molecule has 3 N–H and O–H groups in total. The van der Waals surface area contributed by atoms with Crippen LogP contribution in [0.25, 0.3) is 0 Å². The number of nitrogens with zero attached hydrogens (tertiary/aromatic N) is 4. The van der Waals surface area contributed by atoms with Crippen LogP contribution in [0.3, 0.4) is 0 Å². The van der Waals surface area contributed by atoms with Gasteiger partial charge in [0.05, 0.1) is 0 Å². The molecule has 1 saturated carbocycles. The van der Waals surface area contributed by atoms with E-state index in [0.717, 1.165) is 12.8 Å². The summed E-state index contributed by atoms with van der Waals surface area (Å²) in [4.78, 5) is 18.3. The van der Waals surface area contributed by atoms with Crippen LogP contribution in [0.15, 0.2) is 22.3 Å². The first-order valence-electron chi connectivity index (χ1n) is 6.45. The van der Waals surface area contributed by atoms with Gasteiger partial charge in [-0.05, 0) is 19.8 Å². The van der Waals surface area contributed by atoms with Crippen LogP contribution >= 0.6 is 0 Å². The van der Waals surface area contributed by atoms with Crippen molar-refractivity contribution in [3.8, 4) is 0 Å². The van der Waals surface area contributed by atoms with Gasteiger partial charge in [0.2, 0.25) is 0 Å². The van der Waals surface area contributed by atoms with Gasteiger partial charge in [-0.25, -0.2) is 4.98 Å². The quantitative estimate of drug-likeness (QED) is 0.339. The Morgan fingerprint density at radius 2 is 2.42 bits per heavy atom. The summed E-state index contributed by atoms with van der Waals surface area (Å²) in [5.74, 6) is 0.583. The molecular weight excluding hydrogens is 246 g/mol. The van der Waals surface area contributed by atoms with Crippen molar-refractivity contribution in [2.75, 3.05) is 18.0 Å². The zero-order chi connectivity index (χ0) is 13.8. The number of hydrogen-bond acceptors (Lipinski definition) is 5. The highest BCUT2D eigenvalue weighted by Gasteiger charge is 2.26. The average molecular weight is 265 g/mol. The van der Waals surface area contributed by atoms with Crippen molar-refractivity contribution in [2.24, 2.45) is 10.9 Å². The number of hydrogen-bond donors (Lipinski definition) is 2. The molecule has 0 spiro atoms. The number of oxime groups is 1. The monoisotopic (exact) mass is 265 g/mol. The van der Waals surface area contributed by atoms with E-state index in [-0.39, 0.29) is 11.4 Å². The minimum Gasteiger partial charge on any atom is -0.409 e. The highest BCUT2D eigenvalue weighted by Crippen LogP contribution is 2.33. The normalized spacial score (nSPS) is 15.5. The molecule has 1 aliphatic carbocycles. The van der Waals surface area contributed by atoms with E-state index in [1.165, 1.54) is 0 Å². The summed E-state index contributed by atoms with van der Waals surface area (Å²) in [6.07, 6.45) is 5.89.